The number of fused-ring (bicyclic) bond motifs is 1. The SMILES string of the molecule is COCC1(C2CCC2)CN(C(=O)c2n[nH]c3c2C[C@H](C)O[C@@H]3C)C1. The highest BCUT2D eigenvalue weighted by Gasteiger charge is 2.52. The Morgan fingerprint density at radius 3 is 2.79 bits per heavy atom. The Hall–Kier alpha value is -1.40. The molecule has 1 N–H and O–H groups in total. The Morgan fingerprint density at radius 2 is 2.17 bits per heavy atom. The van der Waals surface area contributed by atoms with Crippen LogP contribution in [0.2, 0.25) is 0 Å². The number of hydrogen-bond donors (Lipinski definition) is 1. The number of aromatic nitrogens is 2. The number of hydrogen-bond acceptors (Lipinski definition) is 4. The van der Waals surface area contributed by atoms with Crippen LogP contribution in [0, 0.1) is 11.3 Å². The van der Waals surface area contributed by atoms with Gasteiger partial charge in [0.15, 0.2) is 5.69 Å². The monoisotopic (exact) mass is 333 g/mol. The van der Waals surface area contributed by atoms with Gasteiger partial charge in [0.1, 0.15) is 0 Å². The summed E-state index contributed by atoms with van der Waals surface area (Å²) in [4.78, 5) is 14.9. The zero-order valence-electron chi connectivity index (χ0n) is 14.8. The predicted molar refractivity (Wildman–Crippen MR) is 88.8 cm³/mol. The molecule has 2 fully saturated rings. The molecule has 0 radical (unpaired) electrons. The van der Waals surface area contributed by atoms with Crippen LogP contribution in [0.15, 0.2) is 0 Å². The maximum atomic E-state index is 13.0. The highest BCUT2D eigenvalue weighted by molar-refractivity contribution is 5.94. The molecule has 0 spiro atoms. The maximum Gasteiger partial charge on any atom is 0.274 e. The van der Waals surface area contributed by atoms with Gasteiger partial charge in [0, 0.05) is 37.6 Å². The molecule has 0 unspecified atom stereocenters. The lowest BCUT2D eigenvalue weighted by Crippen LogP contribution is -2.64. The van der Waals surface area contributed by atoms with E-state index in [-0.39, 0.29) is 23.5 Å². The van der Waals surface area contributed by atoms with Crippen molar-refractivity contribution in [3.05, 3.63) is 17.0 Å². The molecule has 1 saturated carbocycles. The predicted octanol–water partition coefficient (Wildman–Crippen LogP) is 2.32. The molecule has 0 aromatic carbocycles. The van der Waals surface area contributed by atoms with Crippen LogP contribution in [0.5, 0.6) is 0 Å². The summed E-state index contributed by atoms with van der Waals surface area (Å²) in [5.41, 5.74) is 2.76. The summed E-state index contributed by atoms with van der Waals surface area (Å²) in [6.07, 6.45) is 4.70. The minimum Gasteiger partial charge on any atom is -0.384 e. The first kappa shape index (κ1) is 16.1. The van der Waals surface area contributed by atoms with E-state index < -0.39 is 0 Å². The molecule has 132 valence electrons. The quantitative estimate of drug-likeness (QED) is 0.918. The second-order valence-corrected chi connectivity index (χ2v) is 7.84. The van der Waals surface area contributed by atoms with Crippen molar-refractivity contribution in [3.63, 3.8) is 0 Å². The van der Waals surface area contributed by atoms with Gasteiger partial charge in [0.05, 0.1) is 24.5 Å². The third-order valence-electron chi connectivity index (χ3n) is 6.14. The van der Waals surface area contributed by atoms with Crippen molar-refractivity contribution in [2.75, 3.05) is 26.8 Å². The zero-order valence-corrected chi connectivity index (χ0v) is 14.8. The molecular weight excluding hydrogens is 306 g/mol. The number of likely N-dealkylation sites (tertiary alicyclic amines) is 1. The Balaban J connectivity index is 1.50. The molecular formula is C18H27N3O3. The molecule has 3 aliphatic rings. The summed E-state index contributed by atoms with van der Waals surface area (Å²) >= 11 is 0. The topological polar surface area (TPSA) is 67.5 Å². The second kappa shape index (κ2) is 5.85. The highest BCUT2D eigenvalue weighted by Crippen LogP contribution is 2.48. The average molecular weight is 333 g/mol. The van der Waals surface area contributed by atoms with Crippen molar-refractivity contribution in [1.82, 2.24) is 15.1 Å². The van der Waals surface area contributed by atoms with Gasteiger partial charge in [-0.25, -0.2) is 0 Å². The number of nitrogens with one attached hydrogen (secondary N) is 1. The molecule has 24 heavy (non-hydrogen) atoms. The minimum atomic E-state index is -0.0308. The third-order valence-corrected chi connectivity index (χ3v) is 6.14. The van der Waals surface area contributed by atoms with Crippen LogP contribution in [0.3, 0.4) is 0 Å². The molecule has 1 saturated heterocycles. The lowest BCUT2D eigenvalue weighted by molar-refractivity contribution is -0.0976. The molecule has 1 aliphatic carbocycles. The van der Waals surface area contributed by atoms with E-state index in [2.05, 4.69) is 10.2 Å². The van der Waals surface area contributed by atoms with Crippen molar-refractivity contribution in [2.24, 2.45) is 11.3 Å². The molecule has 1 aromatic rings. The van der Waals surface area contributed by atoms with E-state index in [1.807, 2.05) is 18.7 Å². The third kappa shape index (κ3) is 2.39. The van der Waals surface area contributed by atoms with Gasteiger partial charge in [-0.15, -0.1) is 0 Å². The van der Waals surface area contributed by atoms with Crippen LogP contribution in [0.4, 0.5) is 0 Å². The fourth-order valence-corrected chi connectivity index (χ4v) is 4.63. The Kier molecular flexibility index (Phi) is 3.92. The Bertz CT molecular complexity index is 631. The number of rotatable bonds is 4. The average Bonchev–Trinajstić information content (AvgIpc) is 2.85. The maximum absolute atomic E-state index is 13.0. The molecule has 4 rings (SSSR count). The standard InChI is InChI=1S/C18H27N3O3/c1-11-7-14-15(12(2)24-11)19-20-16(14)17(22)21-8-18(9-21,10-23-3)13-5-4-6-13/h11-13H,4-10H2,1-3H3,(H,19,20)/t11-,12+/m0/s1. The van der Waals surface area contributed by atoms with E-state index in [4.69, 9.17) is 9.47 Å². The lowest BCUT2D eigenvalue weighted by Gasteiger charge is -2.56. The van der Waals surface area contributed by atoms with Gasteiger partial charge in [0.25, 0.3) is 5.91 Å². The van der Waals surface area contributed by atoms with E-state index >= 15 is 0 Å². The summed E-state index contributed by atoms with van der Waals surface area (Å²) in [6.45, 7) is 6.40. The number of H-pyrrole nitrogens is 1. The van der Waals surface area contributed by atoms with Crippen LogP contribution >= 0.6 is 0 Å². The molecule has 1 amide bonds. The second-order valence-electron chi connectivity index (χ2n) is 7.84. The number of carbonyl (C=O) groups excluding carboxylic acids is 1. The van der Waals surface area contributed by atoms with E-state index in [0.29, 0.717) is 11.6 Å². The molecule has 1 aromatic heterocycles. The summed E-state index contributed by atoms with van der Waals surface area (Å²) in [6, 6.07) is 0. The van der Waals surface area contributed by atoms with Crippen LogP contribution in [-0.2, 0) is 15.9 Å². The van der Waals surface area contributed by atoms with Crippen LogP contribution in [0.25, 0.3) is 0 Å². The van der Waals surface area contributed by atoms with Gasteiger partial charge in [0.2, 0.25) is 0 Å². The van der Waals surface area contributed by atoms with E-state index in [9.17, 15) is 4.79 Å². The van der Waals surface area contributed by atoms with Gasteiger partial charge in [-0.05, 0) is 32.6 Å². The van der Waals surface area contributed by atoms with Crippen LogP contribution in [-0.4, -0.2) is 53.9 Å². The van der Waals surface area contributed by atoms with Gasteiger partial charge >= 0.3 is 0 Å². The smallest absolute Gasteiger partial charge is 0.274 e. The number of carbonyl (C=O) groups is 1. The van der Waals surface area contributed by atoms with E-state index in [1.165, 1.54) is 19.3 Å². The van der Waals surface area contributed by atoms with Gasteiger partial charge in [-0.1, -0.05) is 6.42 Å². The van der Waals surface area contributed by atoms with E-state index in [1.54, 1.807) is 7.11 Å². The first-order valence-electron chi connectivity index (χ1n) is 9.05. The van der Waals surface area contributed by atoms with Gasteiger partial charge < -0.3 is 14.4 Å². The van der Waals surface area contributed by atoms with Crippen molar-refractivity contribution in [1.29, 1.82) is 0 Å². The van der Waals surface area contributed by atoms with Crippen molar-refractivity contribution < 1.29 is 14.3 Å². The molecule has 3 heterocycles. The number of ether oxygens (including phenoxy) is 2. The van der Waals surface area contributed by atoms with Crippen molar-refractivity contribution in [2.45, 2.75) is 51.7 Å². The zero-order chi connectivity index (χ0) is 16.9. The van der Waals surface area contributed by atoms with Gasteiger partial charge in [-0.2, -0.15) is 5.10 Å². The molecule has 6 heteroatoms. The fraction of sp³-hybridized carbons (Fsp3) is 0.778. The van der Waals surface area contributed by atoms with E-state index in [0.717, 1.165) is 37.4 Å². The molecule has 0 bridgehead atoms. The van der Waals surface area contributed by atoms with Crippen LogP contribution < -0.4 is 0 Å². The molecule has 2 aliphatic heterocycles. The molecule has 6 nitrogen and oxygen atoms in total. The number of nitrogens with zero attached hydrogens (tertiary/aromatic N) is 2. The summed E-state index contributed by atoms with van der Waals surface area (Å²) < 4.78 is 11.3. The Labute approximate surface area is 142 Å². The van der Waals surface area contributed by atoms with Gasteiger partial charge in [-0.3, -0.25) is 9.89 Å². The number of aromatic amines is 1. The first-order valence-corrected chi connectivity index (χ1v) is 9.05. The van der Waals surface area contributed by atoms with Crippen molar-refractivity contribution in [3.8, 4) is 0 Å². The normalized spacial score (nSPS) is 28.9. The lowest BCUT2D eigenvalue weighted by atomic mass is 9.61. The Morgan fingerprint density at radius 1 is 1.42 bits per heavy atom. The highest BCUT2D eigenvalue weighted by atomic mass is 16.5. The minimum absolute atomic E-state index is 0.0308. The first-order chi connectivity index (χ1) is 11.5. The molecule has 2 atom stereocenters. The number of methoxy groups -OCH3 is 1. The number of amides is 1. The fourth-order valence-electron chi connectivity index (χ4n) is 4.63. The summed E-state index contributed by atoms with van der Waals surface area (Å²) in [5.74, 6) is 0.767. The van der Waals surface area contributed by atoms with Crippen LogP contribution in [0.1, 0.15) is 61.0 Å². The largest absolute Gasteiger partial charge is 0.384 e. The van der Waals surface area contributed by atoms with Crippen molar-refractivity contribution >= 4 is 5.91 Å². The summed E-state index contributed by atoms with van der Waals surface area (Å²) in [5, 5.41) is 7.36. The summed E-state index contributed by atoms with van der Waals surface area (Å²) in [7, 11) is 1.76.